The summed E-state index contributed by atoms with van der Waals surface area (Å²) in [6, 6.07) is 3.68. The maximum atomic E-state index is 11.4. The SMILES string of the molecule is CCNC(=NCCS(=O)(=O)CC)NCCc1ccc(Cl)nc1. The summed E-state index contributed by atoms with van der Waals surface area (Å²) < 4.78 is 22.9. The summed E-state index contributed by atoms with van der Waals surface area (Å²) in [5, 5.41) is 6.74. The van der Waals surface area contributed by atoms with E-state index in [1.807, 2.05) is 13.0 Å². The van der Waals surface area contributed by atoms with Gasteiger partial charge in [-0.05, 0) is 25.0 Å². The van der Waals surface area contributed by atoms with Gasteiger partial charge in [0.05, 0.1) is 12.3 Å². The van der Waals surface area contributed by atoms with Crippen molar-refractivity contribution in [2.24, 2.45) is 4.99 Å². The summed E-state index contributed by atoms with van der Waals surface area (Å²) in [5.74, 6) is 0.841. The maximum absolute atomic E-state index is 11.4. The summed E-state index contributed by atoms with van der Waals surface area (Å²) in [5.41, 5.74) is 1.07. The van der Waals surface area contributed by atoms with E-state index in [1.165, 1.54) is 0 Å². The molecule has 1 aromatic rings. The smallest absolute Gasteiger partial charge is 0.191 e. The monoisotopic (exact) mass is 346 g/mol. The zero-order valence-corrected chi connectivity index (χ0v) is 14.5. The first-order valence-corrected chi connectivity index (χ1v) is 9.49. The van der Waals surface area contributed by atoms with Crippen LogP contribution in [0.4, 0.5) is 0 Å². The van der Waals surface area contributed by atoms with Gasteiger partial charge in [-0.25, -0.2) is 13.4 Å². The number of aliphatic imine (C=N–C) groups is 1. The average molecular weight is 347 g/mol. The second kappa shape index (κ2) is 9.63. The highest BCUT2D eigenvalue weighted by Gasteiger charge is 2.06. The molecule has 0 spiro atoms. The van der Waals surface area contributed by atoms with Gasteiger partial charge in [-0.1, -0.05) is 24.6 Å². The molecule has 0 bridgehead atoms. The van der Waals surface area contributed by atoms with Gasteiger partial charge in [-0.3, -0.25) is 4.99 Å². The molecular formula is C14H23ClN4O2S. The van der Waals surface area contributed by atoms with Crippen molar-refractivity contribution in [1.29, 1.82) is 0 Å². The maximum Gasteiger partial charge on any atom is 0.191 e. The molecule has 0 saturated heterocycles. The number of nitrogens with zero attached hydrogens (tertiary/aromatic N) is 2. The Bertz CT molecular complexity index is 573. The zero-order valence-electron chi connectivity index (χ0n) is 13.0. The van der Waals surface area contributed by atoms with E-state index in [0.29, 0.717) is 17.7 Å². The van der Waals surface area contributed by atoms with Crippen LogP contribution in [0.1, 0.15) is 19.4 Å². The molecule has 1 heterocycles. The van der Waals surface area contributed by atoms with E-state index in [-0.39, 0.29) is 18.1 Å². The van der Waals surface area contributed by atoms with Gasteiger partial charge >= 0.3 is 0 Å². The molecule has 0 fully saturated rings. The third kappa shape index (κ3) is 7.61. The summed E-state index contributed by atoms with van der Waals surface area (Å²) in [6.07, 6.45) is 2.52. The van der Waals surface area contributed by atoms with Crippen LogP contribution in [0.5, 0.6) is 0 Å². The predicted octanol–water partition coefficient (Wildman–Crippen LogP) is 1.27. The van der Waals surface area contributed by atoms with Crippen LogP contribution in [0.3, 0.4) is 0 Å². The van der Waals surface area contributed by atoms with E-state index in [2.05, 4.69) is 20.6 Å². The molecule has 0 aliphatic rings. The lowest BCUT2D eigenvalue weighted by molar-refractivity contribution is 0.597. The molecule has 2 N–H and O–H groups in total. The van der Waals surface area contributed by atoms with Gasteiger partial charge in [0.1, 0.15) is 5.15 Å². The third-order valence-corrected chi connectivity index (χ3v) is 4.86. The quantitative estimate of drug-likeness (QED) is 0.421. The fourth-order valence-corrected chi connectivity index (χ4v) is 2.43. The van der Waals surface area contributed by atoms with Gasteiger partial charge in [-0.2, -0.15) is 0 Å². The van der Waals surface area contributed by atoms with Crippen LogP contribution < -0.4 is 10.6 Å². The van der Waals surface area contributed by atoms with E-state index in [4.69, 9.17) is 11.6 Å². The molecule has 1 aromatic heterocycles. The van der Waals surface area contributed by atoms with Gasteiger partial charge in [0.2, 0.25) is 0 Å². The Labute approximate surface area is 137 Å². The molecule has 22 heavy (non-hydrogen) atoms. The van der Waals surface area contributed by atoms with E-state index in [0.717, 1.165) is 18.5 Å². The molecule has 0 aromatic carbocycles. The zero-order chi connectivity index (χ0) is 16.4. The van der Waals surface area contributed by atoms with Crippen molar-refractivity contribution in [1.82, 2.24) is 15.6 Å². The fourth-order valence-electron chi connectivity index (χ4n) is 1.66. The number of nitrogens with one attached hydrogen (secondary N) is 2. The van der Waals surface area contributed by atoms with Crippen LogP contribution in [-0.2, 0) is 16.3 Å². The number of hydrogen-bond donors (Lipinski definition) is 2. The first kappa shape index (κ1) is 18.7. The molecule has 0 radical (unpaired) electrons. The molecular weight excluding hydrogens is 324 g/mol. The predicted molar refractivity (Wildman–Crippen MR) is 91.3 cm³/mol. The fraction of sp³-hybridized carbons (Fsp3) is 0.571. The third-order valence-electron chi connectivity index (χ3n) is 2.95. The standard InChI is InChI=1S/C14H23ClN4O2S/c1-3-16-14(18-9-10-22(20,21)4-2)17-8-7-12-5-6-13(15)19-11-12/h5-6,11H,3-4,7-10H2,1-2H3,(H2,16,17,18). The van der Waals surface area contributed by atoms with E-state index >= 15 is 0 Å². The minimum Gasteiger partial charge on any atom is -0.357 e. The Morgan fingerprint density at radius 1 is 1.32 bits per heavy atom. The minimum atomic E-state index is -2.98. The van der Waals surface area contributed by atoms with Crippen LogP contribution in [0, 0.1) is 0 Å². The summed E-state index contributed by atoms with van der Waals surface area (Å²) in [6.45, 7) is 5.25. The van der Waals surface area contributed by atoms with Crippen LogP contribution in [0.15, 0.2) is 23.3 Å². The lowest BCUT2D eigenvalue weighted by Gasteiger charge is -2.11. The van der Waals surface area contributed by atoms with Gasteiger partial charge in [0.25, 0.3) is 0 Å². The molecule has 0 saturated carbocycles. The average Bonchev–Trinajstić information content (AvgIpc) is 2.49. The molecule has 0 amide bonds. The Hall–Kier alpha value is -1.34. The molecule has 124 valence electrons. The lowest BCUT2D eigenvalue weighted by atomic mass is 10.2. The number of pyridine rings is 1. The molecule has 0 atom stereocenters. The number of rotatable bonds is 8. The van der Waals surface area contributed by atoms with Gasteiger partial charge in [0.15, 0.2) is 15.8 Å². The second-order valence-electron chi connectivity index (χ2n) is 4.66. The molecule has 0 unspecified atom stereocenters. The van der Waals surface area contributed by atoms with E-state index in [9.17, 15) is 8.42 Å². The largest absolute Gasteiger partial charge is 0.357 e. The number of guanidine groups is 1. The minimum absolute atomic E-state index is 0.0706. The van der Waals surface area contributed by atoms with Crippen molar-refractivity contribution in [2.75, 3.05) is 31.1 Å². The summed E-state index contributed by atoms with van der Waals surface area (Å²) in [4.78, 5) is 8.29. The number of aromatic nitrogens is 1. The van der Waals surface area contributed by atoms with Gasteiger partial charge in [-0.15, -0.1) is 0 Å². The number of sulfone groups is 1. The molecule has 8 heteroatoms. The van der Waals surface area contributed by atoms with Crippen molar-refractivity contribution in [3.63, 3.8) is 0 Å². The molecule has 1 rings (SSSR count). The Balaban J connectivity index is 2.44. The highest BCUT2D eigenvalue weighted by molar-refractivity contribution is 7.91. The van der Waals surface area contributed by atoms with Crippen LogP contribution >= 0.6 is 11.6 Å². The molecule has 0 aliphatic heterocycles. The van der Waals surface area contributed by atoms with Crippen LogP contribution in [0.25, 0.3) is 0 Å². The van der Waals surface area contributed by atoms with Crippen molar-refractivity contribution in [3.05, 3.63) is 29.0 Å². The van der Waals surface area contributed by atoms with Crippen molar-refractivity contribution < 1.29 is 8.42 Å². The normalized spacial score (nSPS) is 12.2. The highest BCUT2D eigenvalue weighted by atomic mass is 35.5. The Kier molecular flexibility index (Phi) is 8.19. The van der Waals surface area contributed by atoms with Crippen molar-refractivity contribution in [2.45, 2.75) is 20.3 Å². The Morgan fingerprint density at radius 3 is 2.68 bits per heavy atom. The van der Waals surface area contributed by atoms with E-state index < -0.39 is 9.84 Å². The van der Waals surface area contributed by atoms with Crippen LogP contribution in [-0.4, -0.2) is 50.5 Å². The van der Waals surface area contributed by atoms with Gasteiger partial charge in [0, 0.05) is 25.0 Å². The Morgan fingerprint density at radius 2 is 2.09 bits per heavy atom. The summed E-state index contributed by atoms with van der Waals surface area (Å²) >= 11 is 5.74. The molecule has 0 aliphatic carbocycles. The summed E-state index contributed by atoms with van der Waals surface area (Å²) in [7, 11) is -2.98. The van der Waals surface area contributed by atoms with E-state index in [1.54, 1.807) is 19.2 Å². The second-order valence-corrected chi connectivity index (χ2v) is 7.52. The highest BCUT2D eigenvalue weighted by Crippen LogP contribution is 2.05. The first-order chi connectivity index (χ1) is 10.5. The first-order valence-electron chi connectivity index (χ1n) is 7.30. The van der Waals surface area contributed by atoms with Gasteiger partial charge < -0.3 is 10.6 Å². The van der Waals surface area contributed by atoms with Crippen molar-refractivity contribution in [3.8, 4) is 0 Å². The molecule has 6 nitrogen and oxygen atoms in total. The van der Waals surface area contributed by atoms with Crippen LogP contribution in [0.2, 0.25) is 5.15 Å². The topological polar surface area (TPSA) is 83.5 Å². The number of hydrogen-bond acceptors (Lipinski definition) is 4. The number of halogens is 1. The lowest BCUT2D eigenvalue weighted by Crippen LogP contribution is -2.38. The van der Waals surface area contributed by atoms with Crippen molar-refractivity contribution >= 4 is 27.4 Å².